The second-order valence-electron chi connectivity index (χ2n) is 7.30. The zero-order chi connectivity index (χ0) is 16.5. The zero-order valence-corrected chi connectivity index (χ0v) is 13.9. The van der Waals surface area contributed by atoms with Crippen molar-refractivity contribution in [2.45, 2.75) is 25.7 Å². The van der Waals surface area contributed by atoms with Crippen LogP contribution >= 0.6 is 11.6 Å². The Morgan fingerprint density at radius 3 is 2.71 bits per heavy atom. The molecular formula is C21H17ClO2. The van der Waals surface area contributed by atoms with Crippen molar-refractivity contribution >= 4 is 28.5 Å². The Hall–Kier alpha value is -2.06. The third-order valence-corrected chi connectivity index (χ3v) is 6.50. The Morgan fingerprint density at radius 2 is 1.92 bits per heavy atom. The van der Waals surface area contributed by atoms with Gasteiger partial charge in [-0.3, -0.25) is 4.79 Å². The Balaban J connectivity index is 1.86. The van der Waals surface area contributed by atoms with Gasteiger partial charge < -0.3 is 5.11 Å². The first kappa shape index (κ1) is 14.3. The molecule has 2 nitrogen and oxygen atoms in total. The highest BCUT2D eigenvalue weighted by atomic mass is 35.5. The first-order valence-electron chi connectivity index (χ1n) is 8.46. The zero-order valence-electron chi connectivity index (χ0n) is 13.2. The summed E-state index contributed by atoms with van der Waals surface area (Å²) in [4.78, 5) is 13.1. The number of allylic oxidation sites excluding steroid dienone is 2. The molecule has 0 amide bonds. The van der Waals surface area contributed by atoms with E-state index in [2.05, 4.69) is 0 Å². The lowest BCUT2D eigenvalue weighted by molar-refractivity contribution is -0.117. The maximum atomic E-state index is 13.1. The molecule has 2 aromatic rings. The van der Waals surface area contributed by atoms with E-state index < -0.39 is 0 Å². The minimum absolute atomic E-state index is 0.0174. The molecule has 1 fully saturated rings. The molecule has 0 heterocycles. The van der Waals surface area contributed by atoms with Crippen molar-refractivity contribution in [3.8, 4) is 5.75 Å². The predicted octanol–water partition coefficient (Wildman–Crippen LogP) is 4.88. The van der Waals surface area contributed by atoms with Crippen LogP contribution < -0.4 is 0 Å². The number of halogens is 1. The van der Waals surface area contributed by atoms with Crippen LogP contribution in [0.1, 0.15) is 36.0 Å². The lowest BCUT2D eigenvalue weighted by atomic mass is 9.70. The van der Waals surface area contributed by atoms with Gasteiger partial charge in [0.1, 0.15) is 5.75 Å². The van der Waals surface area contributed by atoms with Crippen molar-refractivity contribution in [3.05, 3.63) is 64.2 Å². The smallest absolute Gasteiger partial charge is 0.166 e. The van der Waals surface area contributed by atoms with Crippen LogP contribution in [0.4, 0.5) is 0 Å². The number of hydrogen-bond acceptors (Lipinski definition) is 2. The van der Waals surface area contributed by atoms with Gasteiger partial charge in [0.25, 0.3) is 0 Å². The number of phenolic OH excluding ortho intramolecular Hbond substituents is 1. The Labute approximate surface area is 145 Å². The van der Waals surface area contributed by atoms with Gasteiger partial charge in [-0.25, -0.2) is 0 Å². The lowest BCUT2D eigenvalue weighted by Crippen LogP contribution is -2.27. The first-order valence-corrected chi connectivity index (χ1v) is 8.84. The second kappa shape index (κ2) is 4.73. The summed E-state index contributed by atoms with van der Waals surface area (Å²) in [6, 6.07) is 13.6. The molecule has 0 radical (unpaired) electrons. The van der Waals surface area contributed by atoms with E-state index in [4.69, 9.17) is 11.6 Å². The number of phenols is 1. The number of rotatable bonds is 1. The van der Waals surface area contributed by atoms with Crippen LogP contribution in [0.5, 0.6) is 5.75 Å². The average molecular weight is 337 g/mol. The second-order valence-corrected chi connectivity index (χ2v) is 7.68. The molecule has 3 heteroatoms. The number of benzene rings is 2. The number of ketones is 1. The van der Waals surface area contributed by atoms with E-state index in [1.807, 2.05) is 36.4 Å². The van der Waals surface area contributed by atoms with Crippen molar-refractivity contribution in [1.82, 2.24) is 0 Å². The van der Waals surface area contributed by atoms with Crippen LogP contribution in [0.2, 0.25) is 5.02 Å². The van der Waals surface area contributed by atoms with E-state index in [9.17, 15) is 9.90 Å². The molecule has 120 valence electrons. The maximum absolute atomic E-state index is 13.1. The van der Waals surface area contributed by atoms with Crippen LogP contribution in [0.15, 0.2) is 42.5 Å². The SMILES string of the molecule is O=C1C(c2ccccc2)=C2c3ccc(O)c(Cl)c3C[C@]23CC[C@H]1C3. The molecule has 3 aliphatic carbocycles. The lowest BCUT2D eigenvalue weighted by Gasteiger charge is -2.32. The van der Waals surface area contributed by atoms with Crippen LogP contribution in [-0.4, -0.2) is 10.9 Å². The summed E-state index contributed by atoms with van der Waals surface area (Å²) >= 11 is 6.41. The van der Waals surface area contributed by atoms with E-state index in [1.165, 1.54) is 5.57 Å². The Morgan fingerprint density at radius 1 is 1.12 bits per heavy atom. The summed E-state index contributed by atoms with van der Waals surface area (Å²) in [5, 5.41) is 10.5. The van der Waals surface area contributed by atoms with E-state index >= 15 is 0 Å². The minimum atomic E-state index is 0.0174. The topological polar surface area (TPSA) is 37.3 Å². The summed E-state index contributed by atoms with van der Waals surface area (Å²) in [6.07, 6.45) is 3.74. The highest BCUT2D eigenvalue weighted by Gasteiger charge is 2.54. The Kier molecular flexibility index (Phi) is 2.82. The summed E-state index contributed by atoms with van der Waals surface area (Å²) < 4.78 is 0. The normalized spacial score (nSPS) is 27.4. The van der Waals surface area contributed by atoms with E-state index in [-0.39, 0.29) is 22.9 Å². The molecule has 0 saturated heterocycles. The van der Waals surface area contributed by atoms with Crippen molar-refractivity contribution in [3.63, 3.8) is 0 Å². The fraction of sp³-hybridized carbons (Fsp3) is 0.286. The summed E-state index contributed by atoms with van der Waals surface area (Å²) in [7, 11) is 0. The largest absolute Gasteiger partial charge is 0.506 e. The number of aromatic hydroxyl groups is 1. The third kappa shape index (κ3) is 1.70. The molecular weight excluding hydrogens is 320 g/mol. The molecule has 2 bridgehead atoms. The molecule has 1 N–H and O–H groups in total. The van der Waals surface area contributed by atoms with Gasteiger partial charge in [0.15, 0.2) is 5.78 Å². The Bertz CT molecular complexity index is 913. The quantitative estimate of drug-likeness (QED) is 0.805. The molecule has 2 atom stereocenters. The van der Waals surface area contributed by atoms with Gasteiger partial charge in [-0.05, 0) is 54.0 Å². The number of Topliss-reactive ketones (excluding diaryl/α,β-unsaturated/α-hetero) is 1. The molecule has 0 aromatic heterocycles. The molecule has 24 heavy (non-hydrogen) atoms. The van der Waals surface area contributed by atoms with E-state index in [0.717, 1.165) is 47.9 Å². The molecule has 5 rings (SSSR count). The molecule has 1 saturated carbocycles. The summed E-state index contributed by atoms with van der Waals surface area (Å²) in [5.74, 6) is 0.542. The molecule has 0 unspecified atom stereocenters. The molecule has 0 aliphatic heterocycles. The third-order valence-electron chi connectivity index (χ3n) is 6.08. The van der Waals surface area contributed by atoms with Gasteiger partial charge in [0.2, 0.25) is 0 Å². The number of hydrogen-bond donors (Lipinski definition) is 1. The number of fused-ring (bicyclic) bond motifs is 3. The van der Waals surface area contributed by atoms with Crippen LogP contribution in [0, 0.1) is 11.3 Å². The van der Waals surface area contributed by atoms with Gasteiger partial charge in [0.05, 0.1) is 5.02 Å². The molecule has 1 spiro atoms. The number of carbonyl (C=O) groups excluding carboxylic acids is 1. The maximum Gasteiger partial charge on any atom is 0.166 e. The fourth-order valence-corrected chi connectivity index (χ4v) is 5.32. The van der Waals surface area contributed by atoms with Crippen LogP contribution in [-0.2, 0) is 11.2 Å². The van der Waals surface area contributed by atoms with E-state index in [1.54, 1.807) is 6.07 Å². The van der Waals surface area contributed by atoms with Crippen molar-refractivity contribution < 1.29 is 9.90 Å². The predicted molar refractivity (Wildman–Crippen MR) is 94.9 cm³/mol. The minimum Gasteiger partial charge on any atom is -0.506 e. The van der Waals surface area contributed by atoms with Crippen LogP contribution in [0.25, 0.3) is 11.1 Å². The monoisotopic (exact) mass is 336 g/mol. The van der Waals surface area contributed by atoms with E-state index in [0.29, 0.717) is 5.02 Å². The van der Waals surface area contributed by atoms with Gasteiger partial charge >= 0.3 is 0 Å². The molecule has 2 aromatic carbocycles. The van der Waals surface area contributed by atoms with Gasteiger partial charge in [-0.15, -0.1) is 0 Å². The fourth-order valence-electron chi connectivity index (χ4n) is 5.08. The molecule has 3 aliphatic rings. The highest BCUT2D eigenvalue weighted by Crippen LogP contribution is 2.64. The average Bonchev–Trinajstić information content (AvgIpc) is 3.14. The summed E-state index contributed by atoms with van der Waals surface area (Å²) in [6.45, 7) is 0. The number of carbonyl (C=O) groups is 1. The first-order chi connectivity index (χ1) is 11.6. The van der Waals surface area contributed by atoms with Gasteiger partial charge in [-0.1, -0.05) is 48.0 Å². The van der Waals surface area contributed by atoms with Crippen molar-refractivity contribution in [2.75, 3.05) is 0 Å². The van der Waals surface area contributed by atoms with Crippen molar-refractivity contribution in [1.29, 1.82) is 0 Å². The standard InChI is InChI=1S/C21H17ClO2/c22-19-15-11-21-9-8-13(10-21)20(24)17(12-4-2-1-3-5-12)18(21)14(15)6-7-16(19)23/h1-7,13,23H,8-11H2/t13-,21+/m0/s1. The van der Waals surface area contributed by atoms with Gasteiger partial charge in [-0.2, -0.15) is 0 Å². The van der Waals surface area contributed by atoms with Gasteiger partial charge in [0, 0.05) is 16.9 Å². The highest BCUT2D eigenvalue weighted by molar-refractivity contribution is 6.35. The summed E-state index contributed by atoms with van der Waals surface area (Å²) in [5.41, 5.74) is 5.14. The van der Waals surface area contributed by atoms with Crippen LogP contribution in [0.3, 0.4) is 0 Å². The van der Waals surface area contributed by atoms with Crippen molar-refractivity contribution in [2.24, 2.45) is 11.3 Å².